The van der Waals surface area contributed by atoms with Crippen LogP contribution in [-0.2, 0) is 6.18 Å². The van der Waals surface area contributed by atoms with Crippen molar-refractivity contribution in [2.24, 2.45) is 0 Å². The second kappa shape index (κ2) is 6.76. The summed E-state index contributed by atoms with van der Waals surface area (Å²) in [5.41, 5.74) is 0.404. The third kappa shape index (κ3) is 4.23. The molecule has 0 aliphatic rings. The molecule has 0 atom stereocenters. The smallest absolute Gasteiger partial charge is 0.416 e. The van der Waals surface area contributed by atoms with E-state index in [9.17, 15) is 13.2 Å². The van der Waals surface area contributed by atoms with E-state index in [2.05, 4.69) is 20.8 Å². The van der Waals surface area contributed by atoms with Gasteiger partial charge in [0.2, 0.25) is 0 Å². The number of aromatic amines is 1. The van der Waals surface area contributed by atoms with Crippen LogP contribution in [0.4, 0.5) is 36.2 Å². The maximum absolute atomic E-state index is 12.7. The number of nitrogens with zero attached hydrogens (tertiary/aromatic N) is 1. The van der Waals surface area contributed by atoms with Crippen molar-refractivity contribution in [2.75, 3.05) is 17.7 Å². The Hall–Kier alpha value is -3.16. The van der Waals surface area contributed by atoms with E-state index in [1.807, 2.05) is 12.1 Å². The van der Waals surface area contributed by atoms with Gasteiger partial charge in [-0.2, -0.15) is 18.3 Å². The van der Waals surface area contributed by atoms with Crippen molar-refractivity contribution >= 4 is 23.0 Å². The van der Waals surface area contributed by atoms with Crippen molar-refractivity contribution in [3.63, 3.8) is 0 Å². The first-order valence-electron chi connectivity index (χ1n) is 7.35. The number of aromatic nitrogens is 2. The van der Waals surface area contributed by atoms with E-state index in [-0.39, 0.29) is 0 Å². The highest BCUT2D eigenvalue weighted by Crippen LogP contribution is 2.31. The number of nitrogens with one attached hydrogen (secondary N) is 3. The summed E-state index contributed by atoms with van der Waals surface area (Å²) >= 11 is 0. The van der Waals surface area contributed by atoms with Gasteiger partial charge in [0.25, 0.3) is 0 Å². The minimum absolute atomic E-state index is 0.314. The van der Waals surface area contributed by atoms with Gasteiger partial charge in [0.15, 0.2) is 5.82 Å². The van der Waals surface area contributed by atoms with E-state index in [4.69, 9.17) is 4.74 Å². The Bertz CT molecular complexity index is 844. The molecule has 0 saturated carbocycles. The maximum atomic E-state index is 12.7. The molecule has 3 rings (SSSR count). The van der Waals surface area contributed by atoms with E-state index in [1.165, 1.54) is 6.07 Å². The van der Waals surface area contributed by atoms with Gasteiger partial charge in [-0.1, -0.05) is 6.07 Å². The van der Waals surface area contributed by atoms with Crippen molar-refractivity contribution in [3.8, 4) is 5.75 Å². The largest absolute Gasteiger partial charge is 0.497 e. The van der Waals surface area contributed by atoms with Crippen LogP contribution in [0.5, 0.6) is 5.75 Å². The summed E-state index contributed by atoms with van der Waals surface area (Å²) in [5.74, 6) is 1.73. The van der Waals surface area contributed by atoms with Gasteiger partial charge in [0.05, 0.1) is 12.7 Å². The summed E-state index contributed by atoms with van der Waals surface area (Å²) < 4.78 is 43.3. The number of halogens is 3. The van der Waals surface area contributed by atoms with E-state index in [0.29, 0.717) is 17.3 Å². The lowest BCUT2D eigenvalue weighted by Gasteiger charge is -2.09. The van der Waals surface area contributed by atoms with Crippen LogP contribution >= 0.6 is 0 Å². The van der Waals surface area contributed by atoms with Gasteiger partial charge in [-0.25, -0.2) is 0 Å². The zero-order valence-corrected chi connectivity index (χ0v) is 13.2. The molecule has 5 nitrogen and oxygen atoms in total. The number of benzene rings is 2. The quantitative estimate of drug-likeness (QED) is 0.612. The highest BCUT2D eigenvalue weighted by atomic mass is 19.4. The highest BCUT2D eigenvalue weighted by Gasteiger charge is 2.30. The maximum Gasteiger partial charge on any atom is 0.416 e. The minimum Gasteiger partial charge on any atom is -0.497 e. The standard InChI is InChI=1S/C17H15F3N4O/c1-25-14-7-5-12(6-8-14)21-15-10-16(24-23-15)22-13-4-2-3-11(9-13)17(18,19)20/h2-10H,1H3,(H3,21,22,23,24). The van der Waals surface area contributed by atoms with Crippen LogP contribution in [0.15, 0.2) is 54.6 Å². The summed E-state index contributed by atoms with van der Waals surface area (Å²) in [7, 11) is 1.59. The Kier molecular flexibility index (Phi) is 4.51. The molecule has 0 bridgehead atoms. The van der Waals surface area contributed by atoms with Gasteiger partial charge in [-0.15, -0.1) is 0 Å². The first-order valence-corrected chi connectivity index (χ1v) is 7.35. The lowest BCUT2D eigenvalue weighted by Crippen LogP contribution is -2.05. The molecule has 0 unspecified atom stereocenters. The number of hydrogen-bond acceptors (Lipinski definition) is 4. The van der Waals surface area contributed by atoms with Crippen molar-refractivity contribution in [1.82, 2.24) is 10.2 Å². The fourth-order valence-electron chi connectivity index (χ4n) is 2.20. The van der Waals surface area contributed by atoms with E-state index in [0.717, 1.165) is 23.6 Å². The molecule has 3 aromatic rings. The molecule has 25 heavy (non-hydrogen) atoms. The van der Waals surface area contributed by atoms with E-state index in [1.54, 1.807) is 31.4 Å². The summed E-state index contributed by atoms with van der Waals surface area (Å²) in [5, 5.41) is 12.7. The zero-order valence-electron chi connectivity index (χ0n) is 13.2. The van der Waals surface area contributed by atoms with Crippen LogP contribution in [0.25, 0.3) is 0 Å². The van der Waals surface area contributed by atoms with Crippen LogP contribution in [0, 0.1) is 0 Å². The van der Waals surface area contributed by atoms with Crippen LogP contribution < -0.4 is 15.4 Å². The molecular weight excluding hydrogens is 333 g/mol. The second-order valence-corrected chi connectivity index (χ2v) is 5.22. The van der Waals surface area contributed by atoms with Crippen LogP contribution in [-0.4, -0.2) is 17.3 Å². The van der Waals surface area contributed by atoms with Crippen LogP contribution in [0.3, 0.4) is 0 Å². The van der Waals surface area contributed by atoms with Crippen molar-refractivity contribution < 1.29 is 17.9 Å². The normalized spacial score (nSPS) is 11.2. The third-order valence-corrected chi connectivity index (χ3v) is 3.41. The number of anilines is 4. The Morgan fingerprint density at radius 2 is 1.72 bits per heavy atom. The van der Waals surface area contributed by atoms with E-state index >= 15 is 0 Å². The monoisotopic (exact) mass is 348 g/mol. The molecule has 0 aliphatic heterocycles. The molecule has 0 radical (unpaired) electrons. The van der Waals surface area contributed by atoms with Gasteiger partial charge in [0.1, 0.15) is 11.6 Å². The molecule has 3 N–H and O–H groups in total. The lowest BCUT2D eigenvalue weighted by atomic mass is 10.2. The molecule has 0 saturated heterocycles. The fourth-order valence-corrected chi connectivity index (χ4v) is 2.20. The summed E-state index contributed by atoms with van der Waals surface area (Å²) in [6.45, 7) is 0. The zero-order chi connectivity index (χ0) is 17.9. The molecule has 0 spiro atoms. The highest BCUT2D eigenvalue weighted by molar-refractivity contribution is 5.64. The first-order chi connectivity index (χ1) is 11.9. The van der Waals surface area contributed by atoms with Crippen molar-refractivity contribution in [2.45, 2.75) is 6.18 Å². The average Bonchev–Trinajstić information content (AvgIpc) is 3.02. The Morgan fingerprint density at radius 1 is 0.960 bits per heavy atom. The molecule has 0 fully saturated rings. The van der Waals surface area contributed by atoms with E-state index < -0.39 is 11.7 Å². The number of hydrogen-bond donors (Lipinski definition) is 3. The van der Waals surface area contributed by atoms with Gasteiger partial charge in [-0.3, -0.25) is 5.10 Å². The minimum atomic E-state index is -4.38. The third-order valence-electron chi connectivity index (χ3n) is 3.41. The molecule has 2 aromatic carbocycles. The fraction of sp³-hybridized carbons (Fsp3) is 0.118. The molecule has 8 heteroatoms. The molecule has 0 aliphatic carbocycles. The molecule has 0 amide bonds. The Balaban J connectivity index is 1.69. The lowest BCUT2D eigenvalue weighted by molar-refractivity contribution is -0.137. The van der Waals surface area contributed by atoms with Crippen LogP contribution in [0.2, 0.25) is 0 Å². The Morgan fingerprint density at radius 3 is 2.40 bits per heavy atom. The van der Waals surface area contributed by atoms with Gasteiger partial charge in [0, 0.05) is 17.4 Å². The summed E-state index contributed by atoms with van der Waals surface area (Å²) in [4.78, 5) is 0. The first kappa shape index (κ1) is 16.7. The van der Waals surface area contributed by atoms with Gasteiger partial charge < -0.3 is 15.4 Å². The molecule has 1 heterocycles. The van der Waals surface area contributed by atoms with Crippen molar-refractivity contribution in [3.05, 3.63) is 60.2 Å². The number of alkyl halides is 3. The number of H-pyrrole nitrogens is 1. The molecule has 1 aromatic heterocycles. The average molecular weight is 348 g/mol. The predicted octanol–water partition coefficient (Wildman–Crippen LogP) is 4.92. The topological polar surface area (TPSA) is 62.0 Å². The summed E-state index contributed by atoms with van der Waals surface area (Å²) in [6.07, 6.45) is -4.38. The molecular formula is C17H15F3N4O. The number of ether oxygens (including phenoxy) is 1. The predicted molar refractivity (Wildman–Crippen MR) is 89.6 cm³/mol. The van der Waals surface area contributed by atoms with Gasteiger partial charge in [-0.05, 0) is 42.5 Å². The van der Waals surface area contributed by atoms with Crippen LogP contribution in [0.1, 0.15) is 5.56 Å². The van der Waals surface area contributed by atoms with Crippen molar-refractivity contribution in [1.29, 1.82) is 0 Å². The summed E-state index contributed by atoms with van der Waals surface area (Å²) in [6, 6.07) is 13.9. The van der Waals surface area contributed by atoms with Gasteiger partial charge >= 0.3 is 6.18 Å². The molecule has 130 valence electrons. The SMILES string of the molecule is COc1ccc(Nc2cc(Nc3cccc(C(F)(F)F)c3)[nH]n2)cc1. The second-order valence-electron chi connectivity index (χ2n) is 5.22. The number of methoxy groups -OCH3 is 1. The number of rotatable bonds is 5. The Labute approximate surface area is 141 Å².